The maximum absolute atomic E-state index is 11.9. The van der Waals surface area contributed by atoms with Crippen LogP contribution in [0.1, 0.15) is 48.0 Å². The zero-order valence-corrected chi connectivity index (χ0v) is 15.3. The molecule has 0 aromatic rings. The molecule has 0 bridgehead atoms. The van der Waals surface area contributed by atoms with Gasteiger partial charge in [0.25, 0.3) is 0 Å². The van der Waals surface area contributed by atoms with Gasteiger partial charge in [0.2, 0.25) is 5.91 Å². The van der Waals surface area contributed by atoms with E-state index in [1.54, 1.807) is 0 Å². The number of nitrogens with zero attached hydrogens (tertiary/aromatic N) is 2. The monoisotopic (exact) mass is 313 g/mol. The van der Waals surface area contributed by atoms with Gasteiger partial charge in [-0.05, 0) is 41.5 Å². The molecule has 0 aliphatic rings. The summed E-state index contributed by atoms with van der Waals surface area (Å²) in [5.41, 5.74) is 0.109. The number of amides is 1. The highest BCUT2D eigenvalue weighted by Gasteiger charge is 2.09. The van der Waals surface area contributed by atoms with Crippen molar-refractivity contribution in [2.45, 2.75) is 53.5 Å². The average Bonchev–Trinajstić information content (AvgIpc) is 2.43. The molecule has 0 saturated heterocycles. The Morgan fingerprint density at radius 1 is 1.05 bits per heavy atom. The Kier molecular flexibility index (Phi) is 10.6. The molecule has 0 aromatic carbocycles. The van der Waals surface area contributed by atoms with E-state index in [0.717, 1.165) is 32.1 Å². The maximum Gasteiger partial charge on any atom is 0.224 e. The summed E-state index contributed by atoms with van der Waals surface area (Å²) < 4.78 is 0. The third kappa shape index (κ3) is 10.4. The lowest BCUT2D eigenvalue weighted by atomic mass is 10.1. The van der Waals surface area contributed by atoms with Crippen molar-refractivity contribution < 1.29 is 4.79 Å². The highest BCUT2D eigenvalue weighted by atomic mass is 16.2. The molecule has 0 saturated carbocycles. The maximum atomic E-state index is 11.9. The minimum absolute atomic E-state index is 0.109. The van der Waals surface area contributed by atoms with Crippen molar-refractivity contribution in [1.82, 2.24) is 20.9 Å². The molecule has 22 heavy (non-hydrogen) atoms. The second-order valence-electron chi connectivity index (χ2n) is 6.18. The smallest absolute Gasteiger partial charge is 0.224 e. The van der Waals surface area contributed by atoms with Gasteiger partial charge in [-0.15, -0.1) is 0 Å². The molecule has 1 amide bonds. The Hall–Kier alpha value is -1.30. The highest BCUT2D eigenvalue weighted by Crippen LogP contribution is 1.96. The lowest BCUT2D eigenvalue weighted by Crippen LogP contribution is -2.41. The fraction of sp³-hybridized carbons (Fsp3) is 0.875. The highest BCUT2D eigenvalue weighted by molar-refractivity contribution is 5.81. The SMILES string of the molecule is CCNC(=NCCNC(C)(C)C)NCCC(=O)N(CC)CC. The molecule has 3 N–H and O–H groups in total. The summed E-state index contributed by atoms with van der Waals surface area (Å²) in [5, 5.41) is 9.81. The summed E-state index contributed by atoms with van der Waals surface area (Å²) in [6.07, 6.45) is 0.492. The van der Waals surface area contributed by atoms with Gasteiger partial charge in [0, 0.05) is 44.7 Å². The van der Waals surface area contributed by atoms with Crippen molar-refractivity contribution in [3.8, 4) is 0 Å². The fourth-order valence-electron chi connectivity index (χ4n) is 1.96. The second kappa shape index (κ2) is 11.3. The fourth-order valence-corrected chi connectivity index (χ4v) is 1.96. The molecule has 0 atom stereocenters. The molecule has 0 aliphatic carbocycles. The predicted octanol–water partition coefficient (Wildman–Crippen LogP) is 1.19. The van der Waals surface area contributed by atoms with Crippen LogP contribution >= 0.6 is 0 Å². The predicted molar refractivity (Wildman–Crippen MR) is 94.3 cm³/mol. The zero-order valence-electron chi connectivity index (χ0n) is 15.3. The first kappa shape index (κ1) is 20.7. The van der Waals surface area contributed by atoms with Gasteiger partial charge in [-0.3, -0.25) is 9.79 Å². The largest absolute Gasteiger partial charge is 0.357 e. The number of carbonyl (C=O) groups is 1. The van der Waals surface area contributed by atoms with E-state index in [9.17, 15) is 4.79 Å². The number of hydrogen-bond acceptors (Lipinski definition) is 3. The molecule has 6 heteroatoms. The van der Waals surface area contributed by atoms with Crippen LogP contribution in [-0.2, 0) is 4.79 Å². The van der Waals surface area contributed by atoms with Gasteiger partial charge >= 0.3 is 0 Å². The normalized spacial score (nSPS) is 12.2. The summed E-state index contributed by atoms with van der Waals surface area (Å²) in [6.45, 7) is 16.9. The van der Waals surface area contributed by atoms with Crippen LogP contribution in [0.25, 0.3) is 0 Å². The number of rotatable bonds is 9. The van der Waals surface area contributed by atoms with Crippen molar-refractivity contribution in [1.29, 1.82) is 0 Å². The van der Waals surface area contributed by atoms with E-state index in [1.165, 1.54) is 0 Å². The summed E-state index contributed by atoms with van der Waals surface area (Å²) in [7, 11) is 0. The van der Waals surface area contributed by atoms with E-state index in [4.69, 9.17) is 0 Å². The summed E-state index contributed by atoms with van der Waals surface area (Å²) in [5.74, 6) is 0.952. The van der Waals surface area contributed by atoms with Gasteiger partial charge in [-0.25, -0.2) is 0 Å². The van der Waals surface area contributed by atoms with Gasteiger partial charge < -0.3 is 20.9 Å². The van der Waals surface area contributed by atoms with E-state index in [0.29, 0.717) is 19.5 Å². The quantitative estimate of drug-likeness (QED) is 0.340. The first-order valence-electron chi connectivity index (χ1n) is 8.39. The van der Waals surface area contributed by atoms with Gasteiger partial charge in [0.1, 0.15) is 0 Å². The van der Waals surface area contributed by atoms with Crippen LogP contribution in [0.15, 0.2) is 4.99 Å². The molecule has 0 heterocycles. The number of aliphatic imine (C=N–C) groups is 1. The number of carbonyl (C=O) groups excluding carboxylic acids is 1. The Labute approximate surface area is 136 Å². The van der Waals surface area contributed by atoms with Gasteiger partial charge in [0.05, 0.1) is 6.54 Å². The van der Waals surface area contributed by atoms with E-state index < -0.39 is 0 Å². The van der Waals surface area contributed by atoms with Crippen LogP contribution in [0.5, 0.6) is 0 Å². The van der Waals surface area contributed by atoms with Crippen LogP contribution < -0.4 is 16.0 Å². The zero-order chi connectivity index (χ0) is 17.0. The third-order valence-electron chi connectivity index (χ3n) is 3.13. The van der Waals surface area contributed by atoms with Gasteiger partial charge in [0.15, 0.2) is 5.96 Å². The molecule has 0 radical (unpaired) electrons. The molecule has 0 aromatic heterocycles. The molecule has 0 aliphatic heterocycles. The van der Waals surface area contributed by atoms with Crippen LogP contribution in [0.3, 0.4) is 0 Å². The van der Waals surface area contributed by atoms with E-state index in [2.05, 4.69) is 41.7 Å². The molecule has 0 spiro atoms. The molecule has 6 nitrogen and oxygen atoms in total. The lowest BCUT2D eigenvalue weighted by Gasteiger charge is -2.20. The van der Waals surface area contributed by atoms with Crippen molar-refractivity contribution in [2.75, 3.05) is 39.3 Å². The Morgan fingerprint density at radius 3 is 2.18 bits per heavy atom. The Bertz CT molecular complexity index is 332. The van der Waals surface area contributed by atoms with Crippen molar-refractivity contribution in [3.05, 3.63) is 0 Å². The first-order chi connectivity index (χ1) is 10.3. The first-order valence-corrected chi connectivity index (χ1v) is 8.39. The molecular weight excluding hydrogens is 278 g/mol. The van der Waals surface area contributed by atoms with Crippen LogP contribution in [0.4, 0.5) is 0 Å². The summed E-state index contributed by atoms with van der Waals surface area (Å²) in [6, 6.07) is 0. The van der Waals surface area contributed by atoms with E-state index in [-0.39, 0.29) is 11.4 Å². The number of hydrogen-bond donors (Lipinski definition) is 3. The summed E-state index contributed by atoms with van der Waals surface area (Å²) >= 11 is 0. The number of guanidine groups is 1. The van der Waals surface area contributed by atoms with Crippen LogP contribution in [-0.4, -0.2) is 61.6 Å². The number of nitrogens with one attached hydrogen (secondary N) is 3. The van der Waals surface area contributed by atoms with Crippen LogP contribution in [0.2, 0.25) is 0 Å². The van der Waals surface area contributed by atoms with Gasteiger partial charge in [-0.2, -0.15) is 0 Å². The Balaban J connectivity index is 4.15. The van der Waals surface area contributed by atoms with Gasteiger partial charge in [-0.1, -0.05) is 0 Å². The standard InChI is InChI=1S/C16H35N5O/c1-7-17-15(19-12-13-20-16(4,5)6)18-11-10-14(22)21(8-2)9-3/h20H,7-13H2,1-6H3,(H2,17,18,19). The molecule has 0 rings (SSSR count). The average molecular weight is 313 g/mol. The lowest BCUT2D eigenvalue weighted by molar-refractivity contribution is -0.130. The minimum atomic E-state index is 0.109. The molecule has 0 unspecified atom stereocenters. The Morgan fingerprint density at radius 2 is 1.68 bits per heavy atom. The van der Waals surface area contributed by atoms with E-state index >= 15 is 0 Å². The summed E-state index contributed by atoms with van der Waals surface area (Å²) in [4.78, 5) is 18.3. The second-order valence-corrected chi connectivity index (χ2v) is 6.18. The van der Waals surface area contributed by atoms with Crippen molar-refractivity contribution in [3.63, 3.8) is 0 Å². The molecular formula is C16H35N5O. The molecule has 0 fully saturated rings. The topological polar surface area (TPSA) is 68.8 Å². The van der Waals surface area contributed by atoms with Crippen LogP contribution in [0, 0.1) is 0 Å². The minimum Gasteiger partial charge on any atom is -0.357 e. The van der Waals surface area contributed by atoms with Crippen molar-refractivity contribution in [2.24, 2.45) is 4.99 Å². The third-order valence-corrected chi connectivity index (χ3v) is 3.13. The van der Waals surface area contributed by atoms with E-state index in [1.807, 2.05) is 25.7 Å². The van der Waals surface area contributed by atoms with Crippen molar-refractivity contribution >= 4 is 11.9 Å². The molecule has 130 valence electrons.